The maximum absolute atomic E-state index is 12.5. The minimum atomic E-state index is -0.283. The van der Waals surface area contributed by atoms with Gasteiger partial charge < -0.3 is 0 Å². The van der Waals surface area contributed by atoms with Gasteiger partial charge in [-0.05, 0) is 30.3 Å². The van der Waals surface area contributed by atoms with Crippen LogP contribution in [0.3, 0.4) is 0 Å². The van der Waals surface area contributed by atoms with Crippen LogP contribution in [0, 0.1) is 0 Å². The highest BCUT2D eigenvalue weighted by Gasteiger charge is 2.32. The molecule has 0 N–H and O–H groups in total. The summed E-state index contributed by atoms with van der Waals surface area (Å²) in [5.74, 6) is -0.556. The van der Waals surface area contributed by atoms with Crippen molar-refractivity contribution in [3.63, 3.8) is 0 Å². The van der Waals surface area contributed by atoms with Crippen LogP contribution in [-0.2, 0) is 0 Å². The molecule has 6 nitrogen and oxygen atoms in total. The molecular weight excluding hydrogens is 554 g/mol. The van der Waals surface area contributed by atoms with Crippen LogP contribution in [0.1, 0.15) is 32.1 Å². The quantitative estimate of drug-likeness (QED) is 0.193. The van der Waals surface area contributed by atoms with E-state index in [1.54, 1.807) is 54.6 Å². The standard InChI is InChI=1S/C16H7ClN2O2.C8H2Cl4N2/c17-8-5-6-11-12(7-8)19-14-13(18-11)15(20)9-3-1-2-4-10(9)16(14)21;9-3-1-5-6(2-4(3)10)14-8(12)7(11)13-5/h1-7H;1-2H. The fraction of sp³-hybridized carbons (Fsp3) is 0. The number of carbonyl (C=O) groups excluding carboxylic acids is 2. The predicted octanol–water partition coefficient (Wildman–Crippen LogP) is 7.30. The Morgan fingerprint density at radius 1 is 0.514 bits per heavy atom. The molecule has 0 radical (unpaired) electrons. The Morgan fingerprint density at radius 2 is 0.971 bits per heavy atom. The van der Waals surface area contributed by atoms with Crippen molar-refractivity contribution >= 4 is 91.6 Å². The second-order valence-corrected chi connectivity index (χ2v) is 9.28. The van der Waals surface area contributed by atoms with Crippen LogP contribution >= 0.6 is 58.0 Å². The molecule has 2 aromatic heterocycles. The Balaban J connectivity index is 0.000000158. The topological polar surface area (TPSA) is 85.7 Å². The first-order valence-electron chi connectivity index (χ1n) is 9.86. The molecule has 11 heteroatoms. The predicted molar refractivity (Wildman–Crippen MR) is 137 cm³/mol. The second kappa shape index (κ2) is 9.30. The van der Waals surface area contributed by atoms with E-state index in [0.717, 1.165) is 0 Å². The minimum absolute atomic E-state index is 0.0912. The third kappa shape index (κ3) is 4.44. The van der Waals surface area contributed by atoms with Crippen LogP contribution < -0.4 is 0 Å². The van der Waals surface area contributed by atoms with E-state index in [-0.39, 0.29) is 33.3 Å². The van der Waals surface area contributed by atoms with E-state index in [0.29, 0.717) is 48.3 Å². The molecule has 1 aliphatic rings. The van der Waals surface area contributed by atoms with Gasteiger partial charge in [-0.1, -0.05) is 82.3 Å². The Kier molecular flexibility index (Phi) is 6.34. The number of hydrogen-bond donors (Lipinski definition) is 0. The van der Waals surface area contributed by atoms with Crippen molar-refractivity contribution in [3.8, 4) is 0 Å². The van der Waals surface area contributed by atoms with Crippen LogP contribution in [0.15, 0.2) is 54.6 Å². The average molecular weight is 563 g/mol. The summed E-state index contributed by atoms with van der Waals surface area (Å²) < 4.78 is 0. The molecule has 0 atom stereocenters. The highest BCUT2D eigenvalue weighted by atomic mass is 35.5. The Hall–Kier alpha value is -2.87. The number of halogens is 5. The Bertz CT molecular complexity index is 1620. The molecule has 0 aliphatic heterocycles. The molecule has 6 rings (SSSR count). The monoisotopic (exact) mass is 560 g/mol. The molecule has 0 saturated heterocycles. The number of benzene rings is 3. The van der Waals surface area contributed by atoms with E-state index >= 15 is 0 Å². The molecule has 172 valence electrons. The number of fused-ring (bicyclic) bond motifs is 4. The number of ketones is 2. The maximum Gasteiger partial charge on any atom is 0.214 e. The summed E-state index contributed by atoms with van der Waals surface area (Å²) in [7, 11) is 0. The molecule has 5 aromatic rings. The lowest BCUT2D eigenvalue weighted by atomic mass is 9.89. The van der Waals surface area contributed by atoms with Crippen molar-refractivity contribution in [1.82, 2.24) is 19.9 Å². The van der Waals surface area contributed by atoms with Gasteiger partial charge in [0, 0.05) is 16.1 Å². The normalized spacial score (nSPS) is 12.3. The lowest BCUT2D eigenvalue weighted by Crippen LogP contribution is -2.23. The summed E-state index contributed by atoms with van der Waals surface area (Å²) in [4.78, 5) is 41.6. The average Bonchev–Trinajstić information content (AvgIpc) is 2.84. The third-order valence-electron chi connectivity index (χ3n) is 5.10. The van der Waals surface area contributed by atoms with Crippen molar-refractivity contribution in [2.45, 2.75) is 0 Å². The lowest BCUT2D eigenvalue weighted by molar-refractivity contribution is 0.0972. The van der Waals surface area contributed by atoms with Gasteiger partial charge in [-0.25, -0.2) is 19.9 Å². The zero-order valence-corrected chi connectivity index (χ0v) is 21.0. The van der Waals surface area contributed by atoms with E-state index in [1.165, 1.54) is 0 Å². The SMILES string of the molecule is Clc1cc2nc(Cl)c(Cl)nc2cc1Cl.O=C1c2ccccc2C(=O)c2nc3cc(Cl)ccc3nc21. The molecule has 0 fully saturated rings. The van der Waals surface area contributed by atoms with Crippen molar-refractivity contribution in [1.29, 1.82) is 0 Å². The second-order valence-electron chi connectivity index (χ2n) is 7.32. The summed E-state index contributed by atoms with van der Waals surface area (Å²) in [5.41, 5.74) is 3.10. The van der Waals surface area contributed by atoms with E-state index in [9.17, 15) is 9.59 Å². The van der Waals surface area contributed by atoms with Crippen LogP contribution in [0.2, 0.25) is 25.4 Å². The van der Waals surface area contributed by atoms with Crippen LogP contribution in [0.25, 0.3) is 22.1 Å². The number of aromatic nitrogens is 4. The first kappa shape index (κ1) is 23.9. The fourth-order valence-electron chi connectivity index (χ4n) is 3.49. The summed E-state index contributed by atoms with van der Waals surface area (Å²) in [5, 5.41) is 1.63. The molecule has 35 heavy (non-hydrogen) atoms. The van der Waals surface area contributed by atoms with Gasteiger partial charge in [0.05, 0.1) is 32.1 Å². The smallest absolute Gasteiger partial charge is 0.214 e. The van der Waals surface area contributed by atoms with Crippen molar-refractivity contribution in [2.75, 3.05) is 0 Å². The largest absolute Gasteiger partial charge is 0.287 e. The number of nitrogens with zero attached hydrogens (tertiary/aromatic N) is 4. The van der Waals surface area contributed by atoms with Gasteiger partial charge in [0.25, 0.3) is 0 Å². The van der Waals surface area contributed by atoms with Crippen molar-refractivity contribution in [3.05, 3.63) is 102 Å². The zero-order chi connectivity index (χ0) is 24.9. The van der Waals surface area contributed by atoms with Crippen LogP contribution in [0.4, 0.5) is 0 Å². The van der Waals surface area contributed by atoms with Gasteiger partial charge in [0.15, 0.2) is 10.3 Å². The molecule has 1 aliphatic carbocycles. The van der Waals surface area contributed by atoms with Crippen molar-refractivity contribution < 1.29 is 9.59 Å². The van der Waals surface area contributed by atoms with Gasteiger partial charge in [-0.2, -0.15) is 0 Å². The summed E-state index contributed by atoms with van der Waals surface area (Å²) in [6.07, 6.45) is 0. The molecule has 0 bridgehead atoms. The van der Waals surface area contributed by atoms with E-state index in [1.807, 2.05) is 0 Å². The van der Waals surface area contributed by atoms with Gasteiger partial charge in [-0.15, -0.1) is 0 Å². The molecule has 0 saturated carbocycles. The first-order valence-corrected chi connectivity index (χ1v) is 11.8. The van der Waals surface area contributed by atoms with Gasteiger partial charge in [0.1, 0.15) is 11.4 Å². The van der Waals surface area contributed by atoms with Crippen molar-refractivity contribution in [2.24, 2.45) is 0 Å². The first-order chi connectivity index (χ1) is 16.7. The summed E-state index contributed by atoms with van der Waals surface area (Å²) in [6, 6.07) is 14.9. The highest BCUT2D eigenvalue weighted by Crippen LogP contribution is 2.29. The molecule has 2 heterocycles. The molecule has 3 aromatic carbocycles. The zero-order valence-electron chi connectivity index (χ0n) is 17.2. The van der Waals surface area contributed by atoms with E-state index in [2.05, 4.69) is 19.9 Å². The van der Waals surface area contributed by atoms with Crippen LogP contribution in [0.5, 0.6) is 0 Å². The molecule has 0 amide bonds. The van der Waals surface area contributed by atoms with Gasteiger partial charge >= 0.3 is 0 Å². The minimum Gasteiger partial charge on any atom is -0.287 e. The Labute approximate surface area is 222 Å². The van der Waals surface area contributed by atoms with Crippen LogP contribution in [-0.4, -0.2) is 31.5 Å². The van der Waals surface area contributed by atoms with Gasteiger partial charge in [0.2, 0.25) is 11.6 Å². The van der Waals surface area contributed by atoms with E-state index in [4.69, 9.17) is 58.0 Å². The highest BCUT2D eigenvalue weighted by molar-refractivity contribution is 6.43. The molecular formula is C24H9Cl5N4O2. The fourth-order valence-corrected chi connectivity index (χ4v) is 4.24. The number of rotatable bonds is 0. The van der Waals surface area contributed by atoms with Gasteiger partial charge in [-0.3, -0.25) is 9.59 Å². The Morgan fingerprint density at radius 3 is 1.49 bits per heavy atom. The summed E-state index contributed by atoms with van der Waals surface area (Å²) >= 11 is 28.9. The summed E-state index contributed by atoms with van der Waals surface area (Å²) in [6.45, 7) is 0. The number of carbonyl (C=O) groups is 2. The lowest BCUT2D eigenvalue weighted by Gasteiger charge is -2.16. The molecule has 0 unspecified atom stereocenters. The maximum atomic E-state index is 12.5. The third-order valence-corrected chi connectivity index (χ3v) is 6.68. The molecule has 0 spiro atoms. The number of hydrogen-bond acceptors (Lipinski definition) is 6. The van der Waals surface area contributed by atoms with E-state index < -0.39 is 0 Å².